The zero-order valence-corrected chi connectivity index (χ0v) is 10.9. The van der Waals surface area contributed by atoms with Gasteiger partial charge in [-0.2, -0.15) is 0 Å². The molecule has 1 saturated carbocycles. The predicted molar refractivity (Wildman–Crippen MR) is 75.7 cm³/mol. The van der Waals surface area contributed by atoms with E-state index in [4.69, 9.17) is 10.6 Å². The normalized spacial score (nSPS) is 27.3. The van der Waals surface area contributed by atoms with Gasteiger partial charge in [0.25, 0.3) is 0 Å². The van der Waals surface area contributed by atoms with Gasteiger partial charge in [-0.3, -0.25) is 5.43 Å². The van der Waals surface area contributed by atoms with Crippen LogP contribution in [0.3, 0.4) is 0 Å². The van der Waals surface area contributed by atoms with E-state index in [1.54, 1.807) is 0 Å². The molecule has 19 heavy (non-hydrogen) atoms. The number of hydrogen-bond donors (Lipinski definition) is 3. The Labute approximate surface area is 113 Å². The van der Waals surface area contributed by atoms with Crippen molar-refractivity contribution in [3.8, 4) is 0 Å². The SMILES string of the molecule is NNC(=NC1CCOC1C1CC1)Nc1ccccc1. The first kappa shape index (κ1) is 12.4. The molecule has 1 saturated heterocycles. The number of nitrogens with one attached hydrogen (secondary N) is 2. The van der Waals surface area contributed by atoms with Gasteiger partial charge in [-0.05, 0) is 37.3 Å². The summed E-state index contributed by atoms with van der Waals surface area (Å²) < 4.78 is 5.78. The lowest BCUT2D eigenvalue weighted by molar-refractivity contribution is 0.0875. The number of benzene rings is 1. The molecule has 1 aromatic rings. The fourth-order valence-electron chi connectivity index (χ4n) is 2.54. The lowest BCUT2D eigenvalue weighted by Gasteiger charge is -2.16. The van der Waals surface area contributed by atoms with Crippen LogP contribution >= 0.6 is 0 Å². The Hall–Kier alpha value is -1.59. The number of ether oxygens (including phenoxy) is 1. The summed E-state index contributed by atoms with van der Waals surface area (Å²) in [5, 5.41) is 3.19. The molecule has 0 spiro atoms. The third kappa shape index (κ3) is 3.05. The number of rotatable bonds is 3. The standard InChI is InChI=1S/C14H20N4O/c15-18-14(16-11-4-2-1-3-5-11)17-12-8-9-19-13(12)10-6-7-10/h1-5,10,12-13H,6-9,15H2,(H2,16,17,18). The Bertz CT molecular complexity index is 444. The van der Waals surface area contributed by atoms with E-state index >= 15 is 0 Å². The Morgan fingerprint density at radius 2 is 2.00 bits per heavy atom. The molecule has 0 amide bonds. The molecule has 4 N–H and O–H groups in total. The van der Waals surface area contributed by atoms with Crippen molar-refractivity contribution in [2.75, 3.05) is 11.9 Å². The highest BCUT2D eigenvalue weighted by Crippen LogP contribution is 2.39. The summed E-state index contributed by atoms with van der Waals surface area (Å²) in [4.78, 5) is 4.68. The summed E-state index contributed by atoms with van der Waals surface area (Å²) in [6.07, 6.45) is 3.80. The minimum absolute atomic E-state index is 0.217. The van der Waals surface area contributed by atoms with Gasteiger partial charge in [0, 0.05) is 12.3 Å². The molecule has 1 heterocycles. The second kappa shape index (κ2) is 5.59. The zero-order chi connectivity index (χ0) is 13.1. The van der Waals surface area contributed by atoms with E-state index in [9.17, 15) is 0 Å². The maximum absolute atomic E-state index is 5.78. The largest absolute Gasteiger partial charge is 0.376 e. The summed E-state index contributed by atoms with van der Waals surface area (Å²) in [5.41, 5.74) is 3.61. The summed E-state index contributed by atoms with van der Waals surface area (Å²) in [6, 6.07) is 10.1. The van der Waals surface area contributed by atoms with Gasteiger partial charge in [0.2, 0.25) is 5.96 Å². The lowest BCUT2D eigenvalue weighted by Crippen LogP contribution is -2.38. The summed E-state index contributed by atoms with van der Waals surface area (Å²) in [6.45, 7) is 0.804. The maximum atomic E-state index is 5.78. The monoisotopic (exact) mass is 260 g/mol. The molecule has 2 atom stereocenters. The molecule has 2 fully saturated rings. The highest BCUT2D eigenvalue weighted by atomic mass is 16.5. The topological polar surface area (TPSA) is 71.7 Å². The van der Waals surface area contributed by atoms with Crippen molar-refractivity contribution in [1.82, 2.24) is 5.43 Å². The number of aliphatic imine (C=N–C) groups is 1. The van der Waals surface area contributed by atoms with Gasteiger partial charge in [0.1, 0.15) is 0 Å². The van der Waals surface area contributed by atoms with Crippen LogP contribution < -0.4 is 16.6 Å². The van der Waals surface area contributed by atoms with Crippen molar-refractivity contribution < 1.29 is 4.74 Å². The van der Waals surface area contributed by atoms with Gasteiger partial charge in [-0.25, -0.2) is 10.8 Å². The van der Waals surface area contributed by atoms with Crippen molar-refractivity contribution in [3.63, 3.8) is 0 Å². The second-order valence-corrected chi connectivity index (χ2v) is 5.14. The fourth-order valence-corrected chi connectivity index (χ4v) is 2.54. The number of anilines is 1. The van der Waals surface area contributed by atoms with Gasteiger partial charge >= 0.3 is 0 Å². The molecular weight excluding hydrogens is 240 g/mol. The predicted octanol–water partition coefficient (Wildman–Crippen LogP) is 1.49. The minimum atomic E-state index is 0.217. The number of para-hydroxylation sites is 1. The maximum Gasteiger partial charge on any atom is 0.210 e. The van der Waals surface area contributed by atoms with Crippen LogP contribution in [0.25, 0.3) is 0 Å². The Morgan fingerprint density at radius 1 is 1.21 bits per heavy atom. The molecule has 5 heteroatoms. The van der Waals surface area contributed by atoms with Gasteiger partial charge in [0.15, 0.2) is 0 Å². The molecule has 0 aromatic heterocycles. The average Bonchev–Trinajstić information content (AvgIpc) is 3.19. The van der Waals surface area contributed by atoms with E-state index in [0.717, 1.165) is 18.7 Å². The van der Waals surface area contributed by atoms with E-state index in [-0.39, 0.29) is 12.1 Å². The highest BCUT2D eigenvalue weighted by molar-refractivity contribution is 5.93. The fraction of sp³-hybridized carbons (Fsp3) is 0.500. The smallest absolute Gasteiger partial charge is 0.210 e. The van der Waals surface area contributed by atoms with Crippen LogP contribution in [0, 0.1) is 5.92 Å². The highest BCUT2D eigenvalue weighted by Gasteiger charge is 2.40. The van der Waals surface area contributed by atoms with Crippen LogP contribution in [0.1, 0.15) is 19.3 Å². The second-order valence-electron chi connectivity index (χ2n) is 5.14. The molecule has 0 bridgehead atoms. The van der Waals surface area contributed by atoms with Crippen molar-refractivity contribution >= 4 is 11.6 Å². The molecular formula is C14H20N4O. The van der Waals surface area contributed by atoms with Crippen LogP contribution in [0.15, 0.2) is 35.3 Å². The van der Waals surface area contributed by atoms with E-state index in [2.05, 4.69) is 15.7 Å². The first-order valence-electron chi connectivity index (χ1n) is 6.85. The van der Waals surface area contributed by atoms with Crippen LogP contribution in [0.4, 0.5) is 5.69 Å². The third-order valence-electron chi connectivity index (χ3n) is 3.66. The Morgan fingerprint density at radius 3 is 2.68 bits per heavy atom. The number of hydrazine groups is 1. The van der Waals surface area contributed by atoms with Gasteiger partial charge in [-0.1, -0.05) is 18.2 Å². The molecule has 102 valence electrons. The van der Waals surface area contributed by atoms with E-state index < -0.39 is 0 Å². The first-order valence-corrected chi connectivity index (χ1v) is 6.85. The quantitative estimate of drug-likeness (QED) is 0.333. The number of guanidine groups is 1. The van der Waals surface area contributed by atoms with Crippen LogP contribution in [-0.4, -0.2) is 24.7 Å². The molecule has 0 radical (unpaired) electrons. The summed E-state index contributed by atoms with van der Waals surface area (Å²) >= 11 is 0. The lowest BCUT2D eigenvalue weighted by atomic mass is 10.1. The Balaban J connectivity index is 1.68. The molecule has 2 aliphatic rings. The third-order valence-corrected chi connectivity index (χ3v) is 3.66. The Kier molecular flexibility index (Phi) is 3.66. The molecule has 3 rings (SSSR count). The zero-order valence-electron chi connectivity index (χ0n) is 10.9. The van der Waals surface area contributed by atoms with E-state index in [1.807, 2.05) is 30.3 Å². The number of nitrogens with zero attached hydrogens (tertiary/aromatic N) is 1. The van der Waals surface area contributed by atoms with E-state index in [1.165, 1.54) is 12.8 Å². The van der Waals surface area contributed by atoms with Crippen molar-refractivity contribution in [1.29, 1.82) is 0 Å². The van der Waals surface area contributed by atoms with E-state index in [0.29, 0.717) is 11.9 Å². The van der Waals surface area contributed by atoms with Crippen LogP contribution in [-0.2, 0) is 4.74 Å². The average molecular weight is 260 g/mol. The summed E-state index contributed by atoms with van der Waals surface area (Å²) in [7, 11) is 0. The van der Waals surface area contributed by atoms with Crippen LogP contribution in [0.2, 0.25) is 0 Å². The molecule has 1 aliphatic carbocycles. The minimum Gasteiger partial charge on any atom is -0.376 e. The van der Waals surface area contributed by atoms with Crippen molar-refractivity contribution in [2.45, 2.75) is 31.4 Å². The van der Waals surface area contributed by atoms with Crippen LogP contribution in [0.5, 0.6) is 0 Å². The molecule has 1 aromatic carbocycles. The van der Waals surface area contributed by atoms with Crippen molar-refractivity contribution in [3.05, 3.63) is 30.3 Å². The molecule has 1 aliphatic heterocycles. The van der Waals surface area contributed by atoms with Gasteiger partial charge < -0.3 is 10.1 Å². The molecule has 2 unspecified atom stereocenters. The van der Waals surface area contributed by atoms with Crippen molar-refractivity contribution in [2.24, 2.45) is 16.8 Å². The number of hydrogen-bond acceptors (Lipinski definition) is 3. The van der Waals surface area contributed by atoms with Gasteiger partial charge in [-0.15, -0.1) is 0 Å². The van der Waals surface area contributed by atoms with Gasteiger partial charge in [0.05, 0.1) is 12.1 Å². The first-order chi connectivity index (χ1) is 9.36. The number of nitrogens with two attached hydrogens (primary N) is 1. The molecule has 5 nitrogen and oxygen atoms in total. The summed E-state index contributed by atoms with van der Waals surface area (Å²) in [5.74, 6) is 6.86.